The fourth-order valence-corrected chi connectivity index (χ4v) is 2.08. The highest BCUT2D eigenvalue weighted by Gasteiger charge is 2.33. The molecule has 0 fully saturated rings. The molecule has 24 heavy (non-hydrogen) atoms. The van der Waals surface area contributed by atoms with Gasteiger partial charge in [0.25, 0.3) is 0 Å². The first-order valence-corrected chi connectivity index (χ1v) is 7.67. The summed E-state index contributed by atoms with van der Waals surface area (Å²) >= 11 is 0. The number of ether oxygens (including phenoxy) is 1. The summed E-state index contributed by atoms with van der Waals surface area (Å²) in [5.41, 5.74) is -1.23. The number of urea groups is 1. The molecule has 0 bridgehead atoms. The van der Waals surface area contributed by atoms with Crippen LogP contribution >= 0.6 is 0 Å². The molecule has 1 rings (SSSR count). The van der Waals surface area contributed by atoms with E-state index in [4.69, 9.17) is 4.74 Å². The van der Waals surface area contributed by atoms with Crippen molar-refractivity contribution in [1.82, 2.24) is 4.90 Å². The predicted molar refractivity (Wildman–Crippen MR) is 83.6 cm³/mol. The van der Waals surface area contributed by atoms with Gasteiger partial charge in [-0.25, -0.2) is 4.79 Å². The van der Waals surface area contributed by atoms with Crippen LogP contribution in [0.2, 0.25) is 0 Å². The van der Waals surface area contributed by atoms with Crippen molar-refractivity contribution >= 4 is 17.7 Å². The van der Waals surface area contributed by atoms with Crippen molar-refractivity contribution in [1.29, 1.82) is 0 Å². The Labute approximate surface area is 138 Å². The number of nitrogens with zero attached hydrogens (tertiary/aromatic N) is 1. The molecule has 0 radical (unpaired) electrons. The highest BCUT2D eigenvalue weighted by atomic mass is 19.4. The largest absolute Gasteiger partial charge is 0.466 e. The van der Waals surface area contributed by atoms with E-state index in [0.717, 1.165) is 6.07 Å². The zero-order valence-electron chi connectivity index (χ0n) is 13.7. The summed E-state index contributed by atoms with van der Waals surface area (Å²) in [6.07, 6.45) is -3.97. The maximum atomic E-state index is 13.0. The first kappa shape index (κ1) is 19.8. The van der Waals surface area contributed by atoms with Gasteiger partial charge in [-0.15, -0.1) is 0 Å². The van der Waals surface area contributed by atoms with Crippen LogP contribution in [0.3, 0.4) is 0 Å². The van der Waals surface area contributed by atoms with Gasteiger partial charge in [-0.05, 0) is 25.5 Å². The molecule has 2 amide bonds. The van der Waals surface area contributed by atoms with E-state index in [1.807, 2.05) is 6.92 Å². The van der Waals surface area contributed by atoms with Gasteiger partial charge in [0.05, 0.1) is 24.3 Å². The number of hydrogen-bond acceptors (Lipinski definition) is 3. The third kappa shape index (κ3) is 6.10. The van der Waals surface area contributed by atoms with Crippen LogP contribution in [0.15, 0.2) is 24.3 Å². The van der Waals surface area contributed by atoms with Crippen LogP contribution in [0.4, 0.5) is 23.7 Å². The summed E-state index contributed by atoms with van der Waals surface area (Å²) in [5.74, 6) is -0.456. The first-order valence-electron chi connectivity index (χ1n) is 7.67. The molecule has 0 aromatic heterocycles. The van der Waals surface area contributed by atoms with Crippen molar-refractivity contribution in [3.8, 4) is 0 Å². The summed E-state index contributed by atoms with van der Waals surface area (Å²) < 4.78 is 43.7. The molecular weight excluding hydrogens is 325 g/mol. The molecule has 0 spiro atoms. The Hall–Kier alpha value is -2.25. The van der Waals surface area contributed by atoms with Crippen LogP contribution in [0.5, 0.6) is 0 Å². The minimum atomic E-state index is -4.57. The molecule has 0 atom stereocenters. The van der Waals surface area contributed by atoms with E-state index in [0.29, 0.717) is 13.0 Å². The Morgan fingerprint density at radius 1 is 1.17 bits per heavy atom. The quantitative estimate of drug-likeness (QED) is 0.762. The molecule has 1 N–H and O–H groups in total. The molecule has 0 unspecified atom stereocenters. The number of para-hydroxylation sites is 1. The third-order valence-corrected chi connectivity index (χ3v) is 3.15. The molecule has 0 saturated heterocycles. The van der Waals surface area contributed by atoms with Crippen molar-refractivity contribution in [2.75, 3.05) is 25.0 Å². The van der Waals surface area contributed by atoms with E-state index in [-0.39, 0.29) is 25.3 Å². The Kier molecular flexibility index (Phi) is 7.54. The number of anilines is 1. The average Bonchev–Trinajstić information content (AvgIpc) is 2.51. The molecule has 5 nitrogen and oxygen atoms in total. The molecule has 134 valence electrons. The van der Waals surface area contributed by atoms with Crippen molar-refractivity contribution < 1.29 is 27.5 Å². The fourth-order valence-electron chi connectivity index (χ4n) is 2.08. The summed E-state index contributed by atoms with van der Waals surface area (Å²) in [6.45, 7) is 4.13. The van der Waals surface area contributed by atoms with Crippen LogP contribution < -0.4 is 5.32 Å². The van der Waals surface area contributed by atoms with Gasteiger partial charge in [-0.1, -0.05) is 19.1 Å². The van der Waals surface area contributed by atoms with Gasteiger partial charge in [0.1, 0.15) is 0 Å². The topological polar surface area (TPSA) is 58.6 Å². The van der Waals surface area contributed by atoms with E-state index in [2.05, 4.69) is 5.32 Å². The number of halogens is 3. The summed E-state index contributed by atoms with van der Waals surface area (Å²) in [5, 5.41) is 2.27. The zero-order chi connectivity index (χ0) is 18.2. The highest BCUT2D eigenvalue weighted by Crippen LogP contribution is 2.34. The molecule has 0 aliphatic rings. The Balaban J connectivity index is 2.81. The minimum absolute atomic E-state index is 0.0117. The van der Waals surface area contributed by atoms with Crippen LogP contribution in [0.25, 0.3) is 0 Å². The number of nitrogens with one attached hydrogen (secondary N) is 1. The molecular formula is C16H21F3N2O3. The summed E-state index contributed by atoms with van der Waals surface area (Å²) in [6, 6.07) is 4.07. The van der Waals surface area contributed by atoms with Crippen molar-refractivity contribution in [2.45, 2.75) is 32.9 Å². The second-order valence-corrected chi connectivity index (χ2v) is 5.02. The van der Waals surface area contributed by atoms with Gasteiger partial charge in [0.15, 0.2) is 0 Å². The normalized spacial score (nSPS) is 11.0. The number of hydrogen-bond donors (Lipinski definition) is 1. The van der Waals surface area contributed by atoms with Gasteiger partial charge in [0, 0.05) is 13.1 Å². The lowest BCUT2D eigenvalue weighted by atomic mass is 10.1. The summed E-state index contributed by atoms with van der Waals surface area (Å²) in [7, 11) is 0. The zero-order valence-corrected chi connectivity index (χ0v) is 13.7. The lowest BCUT2D eigenvalue weighted by Gasteiger charge is -2.23. The van der Waals surface area contributed by atoms with Crippen LogP contribution in [-0.2, 0) is 15.7 Å². The number of carbonyl (C=O) groups excluding carboxylic acids is 2. The van der Waals surface area contributed by atoms with Gasteiger partial charge < -0.3 is 15.0 Å². The Morgan fingerprint density at radius 3 is 2.42 bits per heavy atom. The molecule has 0 heterocycles. The second kappa shape index (κ2) is 9.14. The number of amides is 2. The van der Waals surface area contributed by atoms with Gasteiger partial charge in [-0.2, -0.15) is 13.2 Å². The van der Waals surface area contributed by atoms with E-state index in [9.17, 15) is 22.8 Å². The number of alkyl halides is 3. The van der Waals surface area contributed by atoms with E-state index >= 15 is 0 Å². The third-order valence-electron chi connectivity index (χ3n) is 3.15. The number of benzene rings is 1. The van der Waals surface area contributed by atoms with Crippen LogP contribution in [0.1, 0.15) is 32.3 Å². The molecule has 1 aromatic rings. The Morgan fingerprint density at radius 2 is 1.83 bits per heavy atom. The van der Waals surface area contributed by atoms with Crippen LogP contribution in [0, 0.1) is 0 Å². The number of esters is 1. The van der Waals surface area contributed by atoms with Gasteiger partial charge in [-0.3, -0.25) is 4.79 Å². The molecule has 0 aliphatic carbocycles. The summed E-state index contributed by atoms with van der Waals surface area (Å²) in [4.78, 5) is 24.9. The highest BCUT2D eigenvalue weighted by molar-refractivity contribution is 5.90. The maximum Gasteiger partial charge on any atom is 0.418 e. The monoisotopic (exact) mass is 346 g/mol. The number of carbonyl (C=O) groups is 2. The van der Waals surface area contributed by atoms with Crippen LogP contribution in [-0.4, -0.2) is 36.6 Å². The second-order valence-electron chi connectivity index (χ2n) is 5.02. The van der Waals surface area contributed by atoms with E-state index in [1.54, 1.807) is 6.92 Å². The van der Waals surface area contributed by atoms with E-state index in [1.165, 1.54) is 23.1 Å². The Bertz CT molecular complexity index is 562. The molecule has 1 aromatic carbocycles. The average molecular weight is 346 g/mol. The lowest BCUT2D eigenvalue weighted by Crippen LogP contribution is -2.37. The molecule has 0 aliphatic heterocycles. The molecule has 8 heteroatoms. The maximum absolute atomic E-state index is 13.0. The first-order chi connectivity index (χ1) is 11.3. The number of rotatable bonds is 7. The smallest absolute Gasteiger partial charge is 0.418 e. The fraction of sp³-hybridized carbons (Fsp3) is 0.500. The van der Waals surface area contributed by atoms with Crippen molar-refractivity contribution in [3.05, 3.63) is 29.8 Å². The van der Waals surface area contributed by atoms with Crippen molar-refractivity contribution in [3.63, 3.8) is 0 Å². The molecule has 0 saturated carbocycles. The predicted octanol–water partition coefficient (Wildman–Crippen LogP) is 3.90. The van der Waals surface area contributed by atoms with Gasteiger partial charge in [0.2, 0.25) is 0 Å². The van der Waals surface area contributed by atoms with Crippen molar-refractivity contribution in [2.24, 2.45) is 0 Å². The minimum Gasteiger partial charge on any atom is -0.466 e. The standard InChI is InChI=1S/C16H21F3N2O3/c1-3-10-21(11-9-14(22)24-4-2)15(23)20-13-8-6-5-7-12(13)16(17,18)19/h5-8H,3-4,9-11H2,1-2H3,(H,20,23). The SMILES string of the molecule is CCCN(CCC(=O)OCC)C(=O)Nc1ccccc1C(F)(F)F. The van der Waals surface area contributed by atoms with E-state index < -0.39 is 23.7 Å². The van der Waals surface area contributed by atoms with Gasteiger partial charge >= 0.3 is 18.2 Å². The lowest BCUT2D eigenvalue weighted by molar-refractivity contribution is -0.143.